The molecule has 0 aliphatic rings. The van der Waals surface area contributed by atoms with Crippen molar-refractivity contribution in [3.63, 3.8) is 0 Å². The first-order chi connectivity index (χ1) is 7.62. The van der Waals surface area contributed by atoms with Gasteiger partial charge >= 0.3 is 0 Å². The molecule has 0 atom stereocenters. The summed E-state index contributed by atoms with van der Waals surface area (Å²) >= 11 is 6.16. The smallest absolute Gasteiger partial charge is 0.292 e. The highest BCUT2D eigenvalue weighted by molar-refractivity contribution is 6.59. The van der Waals surface area contributed by atoms with E-state index >= 15 is 0 Å². The maximum Gasteiger partial charge on any atom is 0.292 e. The molecule has 1 radical (unpaired) electrons. The molecule has 0 unspecified atom stereocenters. The van der Waals surface area contributed by atoms with Crippen molar-refractivity contribution in [1.82, 2.24) is 0 Å². The fourth-order valence-electron chi connectivity index (χ4n) is 2.07. The summed E-state index contributed by atoms with van der Waals surface area (Å²) in [6.45, 7) is 13.4. The predicted octanol–water partition coefficient (Wildman–Crippen LogP) is 5.31. The normalized spacial score (nSPS) is 12.9. The van der Waals surface area contributed by atoms with Crippen LogP contribution in [0.15, 0.2) is 24.3 Å². The van der Waals surface area contributed by atoms with Crippen LogP contribution in [-0.2, 0) is 0 Å². The molecule has 0 spiro atoms. The summed E-state index contributed by atoms with van der Waals surface area (Å²) in [5.74, 6) is 0.813. The van der Waals surface area contributed by atoms with Crippen LogP contribution in [0.2, 0.25) is 15.1 Å². The number of benzene rings is 1. The highest BCUT2D eigenvalue weighted by atomic mass is 35.5. The molecule has 0 heterocycles. The van der Waals surface area contributed by atoms with Gasteiger partial charge in [-0.2, -0.15) is 0 Å². The van der Waals surface area contributed by atoms with E-state index in [1.165, 1.54) is 0 Å². The molecule has 95 valence electrons. The van der Waals surface area contributed by atoms with Gasteiger partial charge in [0.1, 0.15) is 5.75 Å². The predicted molar refractivity (Wildman–Crippen MR) is 77.3 cm³/mol. The molecule has 0 saturated heterocycles. The number of hydrogen-bond acceptors (Lipinski definition) is 1. The molecular weight excluding hydrogens is 248 g/mol. The minimum atomic E-state index is -1.03. The maximum absolute atomic E-state index is 6.24. The summed E-state index contributed by atoms with van der Waals surface area (Å²) in [5, 5.41) is 1.04. The highest BCUT2D eigenvalue weighted by Gasteiger charge is 2.41. The van der Waals surface area contributed by atoms with E-state index in [1.807, 2.05) is 24.3 Å². The van der Waals surface area contributed by atoms with Gasteiger partial charge in [-0.15, -0.1) is 0 Å². The second-order valence-electron chi connectivity index (χ2n) is 6.36. The molecule has 0 bridgehead atoms. The van der Waals surface area contributed by atoms with Crippen LogP contribution in [0.1, 0.15) is 41.5 Å². The van der Waals surface area contributed by atoms with Gasteiger partial charge in [-0.25, -0.2) is 0 Å². The standard InChI is InChI=1S/C14H22ClOSi/c1-13(2,3)17(14(4,5)6)16-12-10-8-7-9-11(12)15/h7-10H,1-6H3. The minimum Gasteiger partial charge on any atom is -0.540 e. The molecular formula is C14H22ClOSi. The average molecular weight is 270 g/mol. The minimum absolute atomic E-state index is 0.169. The van der Waals surface area contributed by atoms with Crippen LogP contribution < -0.4 is 4.43 Å². The zero-order chi connectivity index (χ0) is 13.3. The fraction of sp³-hybridized carbons (Fsp3) is 0.571. The van der Waals surface area contributed by atoms with Gasteiger partial charge in [-0.3, -0.25) is 0 Å². The molecule has 0 aromatic heterocycles. The Labute approximate surface area is 112 Å². The SMILES string of the molecule is CC(C)(C)[Si](Oc1ccccc1Cl)C(C)(C)C. The number of halogens is 1. The molecule has 1 rings (SSSR count). The first-order valence-corrected chi connectivity index (χ1v) is 7.71. The number of para-hydroxylation sites is 1. The summed E-state index contributed by atoms with van der Waals surface area (Å²) in [5.41, 5.74) is 0. The molecule has 0 saturated carbocycles. The lowest BCUT2D eigenvalue weighted by molar-refractivity contribution is 0.462. The van der Waals surface area contributed by atoms with E-state index in [4.69, 9.17) is 16.0 Å². The van der Waals surface area contributed by atoms with Gasteiger partial charge in [-0.1, -0.05) is 65.3 Å². The van der Waals surface area contributed by atoms with Crippen molar-refractivity contribution in [3.8, 4) is 5.75 Å². The molecule has 17 heavy (non-hydrogen) atoms. The van der Waals surface area contributed by atoms with Crippen molar-refractivity contribution >= 4 is 20.6 Å². The van der Waals surface area contributed by atoms with Crippen molar-refractivity contribution in [2.24, 2.45) is 0 Å². The van der Waals surface area contributed by atoms with Crippen molar-refractivity contribution < 1.29 is 4.43 Å². The largest absolute Gasteiger partial charge is 0.540 e. The van der Waals surface area contributed by atoms with Crippen LogP contribution in [0.4, 0.5) is 0 Å². The number of hydrogen-bond donors (Lipinski definition) is 0. The molecule has 3 heteroatoms. The van der Waals surface area contributed by atoms with Crippen molar-refractivity contribution in [2.45, 2.75) is 51.6 Å². The third-order valence-electron chi connectivity index (χ3n) is 2.41. The summed E-state index contributed by atoms with van der Waals surface area (Å²) in [6.07, 6.45) is 0. The third-order valence-corrected chi connectivity index (χ3v) is 5.87. The van der Waals surface area contributed by atoms with E-state index < -0.39 is 9.04 Å². The Balaban J connectivity index is 3.00. The summed E-state index contributed by atoms with van der Waals surface area (Å²) in [4.78, 5) is 0. The van der Waals surface area contributed by atoms with Crippen LogP contribution in [0.5, 0.6) is 5.75 Å². The zero-order valence-corrected chi connectivity index (χ0v) is 13.4. The van der Waals surface area contributed by atoms with Crippen LogP contribution >= 0.6 is 11.6 Å². The Morgan fingerprint density at radius 1 is 0.941 bits per heavy atom. The molecule has 0 aliphatic heterocycles. The van der Waals surface area contributed by atoms with E-state index in [9.17, 15) is 0 Å². The molecule has 0 amide bonds. The Morgan fingerprint density at radius 3 is 1.82 bits per heavy atom. The van der Waals surface area contributed by atoms with Gasteiger partial charge < -0.3 is 4.43 Å². The van der Waals surface area contributed by atoms with Gasteiger partial charge in [0.05, 0.1) is 5.02 Å². The third kappa shape index (κ3) is 4.04. The first-order valence-electron chi connectivity index (χ1n) is 5.92. The lowest BCUT2D eigenvalue weighted by atomic mass is 10.2. The second-order valence-corrected chi connectivity index (χ2v) is 10.6. The van der Waals surface area contributed by atoms with Gasteiger partial charge in [-0.05, 0) is 22.2 Å². The Bertz CT molecular complexity index is 363. The van der Waals surface area contributed by atoms with E-state index in [2.05, 4.69) is 41.5 Å². The van der Waals surface area contributed by atoms with Crippen molar-refractivity contribution in [1.29, 1.82) is 0 Å². The van der Waals surface area contributed by atoms with E-state index in [1.54, 1.807) is 0 Å². The average Bonchev–Trinajstić information content (AvgIpc) is 2.12. The first kappa shape index (κ1) is 14.6. The highest BCUT2D eigenvalue weighted by Crippen LogP contribution is 2.43. The van der Waals surface area contributed by atoms with Crippen molar-refractivity contribution in [3.05, 3.63) is 29.3 Å². The van der Waals surface area contributed by atoms with Gasteiger partial charge in [0.15, 0.2) is 0 Å². The maximum atomic E-state index is 6.24. The van der Waals surface area contributed by atoms with Crippen LogP contribution in [0, 0.1) is 0 Å². The van der Waals surface area contributed by atoms with Gasteiger partial charge in [0.2, 0.25) is 0 Å². The van der Waals surface area contributed by atoms with E-state index in [0.717, 1.165) is 5.75 Å². The molecule has 1 aromatic rings. The molecule has 0 N–H and O–H groups in total. The monoisotopic (exact) mass is 269 g/mol. The summed E-state index contributed by atoms with van der Waals surface area (Å²) in [7, 11) is -1.03. The molecule has 1 aromatic carbocycles. The van der Waals surface area contributed by atoms with Crippen LogP contribution in [0.25, 0.3) is 0 Å². The number of rotatable bonds is 2. The molecule has 0 aliphatic carbocycles. The molecule has 1 nitrogen and oxygen atoms in total. The molecule has 0 fully saturated rings. The fourth-order valence-corrected chi connectivity index (χ4v) is 5.57. The Hall–Kier alpha value is -0.473. The Morgan fingerprint density at radius 2 is 1.41 bits per heavy atom. The lowest BCUT2D eigenvalue weighted by Gasteiger charge is -2.37. The lowest BCUT2D eigenvalue weighted by Crippen LogP contribution is -2.41. The summed E-state index contributed by atoms with van der Waals surface area (Å²) < 4.78 is 6.24. The quantitative estimate of drug-likeness (QED) is 0.661. The Kier molecular flexibility index (Phi) is 4.31. The van der Waals surface area contributed by atoms with E-state index in [-0.39, 0.29) is 10.1 Å². The second kappa shape index (κ2) is 5.03. The van der Waals surface area contributed by atoms with Crippen molar-refractivity contribution in [2.75, 3.05) is 0 Å². The van der Waals surface area contributed by atoms with Crippen LogP contribution in [-0.4, -0.2) is 9.04 Å². The van der Waals surface area contributed by atoms with Crippen LogP contribution in [0.3, 0.4) is 0 Å². The van der Waals surface area contributed by atoms with E-state index in [0.29, 0.717) is 5.02 Å². The van der Waals surface area contributed by atoms with Gasteiger partial charge in [0, 0.05) is 0 Å². The summed E-state index contributed by atoms with van der Waals surface area (Å²) in [6, 6.07) is 7.72. The zero-order valence-electron chi connectivity index (χ0n) is 11.6. The topological polar surface area (TPSA) is 9.23 Å². The van der Waals surface area contributed by atoms with Gasteiger partial charge in [0.25, 0.3) is 9.04 Å².